The molecule has 17 heavy (non-hydrogen) atoms. The van der Waals surface area contributed by atoms with Gasteiger partial charge in [-0.05, 0) is 37.8 Å². The predicted octanol–water partition coefficient (Wildman–Crippen LogP) is 1.55. The molecule has 1 aliphatic rings. The summed E-state index contributed by atoms with van der Waals surface area (Å²) in [5, 5.41) is 9.39. The van der Waals surface area contributed by atoms with Crippen LogP contribution in [0.2, 0.25) is 0 Å². The number of carbonyl (C=O) groups is 1. The zero-order chi connectivity index (χ0) is 12.3. The van der Waals surface area contributed by atoms with Gasteiger partial charge in [0.2, 0.25) is 0 Å². The zero-order valence-corrected chi connectivity index (χ0v) is 10.1. The van der Waals surface area contributed by atoms with Crippen molar-refractivity contribution < 1.29 is 9.90 Å². The number of pyridine rings is 1. The number of aldehydes is 1. The average Bonchev–Trinajstić information content (AvgIpc) is 2.38. The van der Waals surface area contributed by atoms with Crippen molar-refractivity contribution in [2.75, 3.05) is 18.1 Å². The minimum atomic E-state index is 0.163. The van der Waals surface area contributed by atoms with E-state index in [2.05, 4.69) is 9.88 Å². The molecule has 2 heterocycles. The lowest BCUT2D eigenvalue weighted by atomic mass is 10.0. The van der Waals surface area contributed by atoms with Gasteiger partial charge in [0.1, 0.15) is 5.82 Å². The molecule has 1 N–H and O–H groups in total. The van der Waals surface area contributed by atoms with Crippen molar-refractivity contribution in [3.8, 4) is 0 Å². The van der Waals surface area contributed by atoms with Crippen molar-refractivity contribution >= 4 is 12.1 Å². The Labute approximate surface area is 101 Å². The molecule has 0 radical (unpaired) electrons. The van der Waals surface area contributed by atoms with Crippen LogP contribution in [0.15, 0.2) is 12.3 Å². The molecule has 1 aromatic heterocycles. The fourth-order valence-electron chi connectivity index (χ4n) is 2.42. The summed E-state index contributed by atoms with van der Waals surface area (Å²) in [6, 6.07) is 2.01. The van der Waals surface area contributed by atoms with E-state index in [4.69, 9.17) is 0 Å². The van der Waals surface area contributed by atoms with E-state index in [0.29, 0.717) is 5.56 Å². The number of aliphatic hydroxyl groups excluding tert-OH is 1. The summed E-state index contributed by atoms with van der Waals surface area (Å²) < 4.78 is 0. The topological polar surface area (TPSA) is 53.4 Å². The molecule has 92 valence electrons. The zero-order valence-electron chi connectivity index (χ0n) is 10.1. The number of nitrogens with zero attached hydrogens (tertiary/aromatic N) is 2. The molecule has 0 aromatic carbocycles. The maximum absolute atomic E-state index is 10.7. The van der Waals surface area contributed by atoms with Crippen LogP contribution in [0.1, 0.15) is 35.2 Å². The predicted molar refractivity (Wildman–Crippen MR) is 66.4 cm³/mol. The van der Waals surface area contributed by atoms with Crippen molar-refractivity contribution in [3.05, 3.63) is 23.4 Å². The lowest BCUT2D eigenvalue weighted by Crippen LogP contribution is -2.42. The van der Waals surface area contributed by atoms with E-state index in [1.165, 1.54) is 0 Å². The summed E-state index contributed by atoms with van der Waals surface area (Å²) in [4.78, 5) is 17.2. The molecule has 4 nitrogen and oxygen atoms in total. The molecule has 0 spiro atoms. The van der Waals surface area contributed by atoms with E-state index in [9.17, 15) is 9.90 Å². The summed E-state index contributed by atoms with van der Waals surface area (Å²) >= 11 is 0. The maximum atomic E-state index is 10.7. The Hall–Kier alpha value is -1.42. The largest absolute Gasteiger partial charge is 0.394 e. The number of hydrogen-bond donors (Lipinski definition) is 1. The molecule has 0 bridgehead atoms. The maximum Gasteiger partial charge on any atom is 0.151 e. The molecule has 0 saturated carbocycles. The molecule has 4 heteroatoms. The summed E-state index contributed by atoms with van der Waals surface area (Å²) in [6.07, 6.45) is 5.70. The monoisotopic (exact) mass is 234 g/mol. The van der Waals surface area contributed by atoms with E-state index >= 15 is 0 Å². The van der Waals surface area contributed by atoms with Gasteiger partial charge in [-0.2, -0.15) is 0 Å². The number of aromatic nitrogens is 1. The van der Waals surface area contributed by atoms with Crippen molar-refractivity contribution in [1.29, 1.82) is 0 Å². The van der Waals surface area contributed by atoms with Crippen LogP contribution >= 0.6 is 0 Å². The van der Waals surface area contributed by atoms with Crippen molar-refractivity contribution in [2.45, 2.75) is 32.2 Å². The number of anilines is 1. The first-order valence-electron chi connectivity index (χ1n) is 6.05. The minimum Gasteiger partial charge on any atom is -0.394 e. The third kappa shape index (κ3) is 2.47. The molecule has 1 saturated heterocycles. The van der Waals surface area contributed by atoms with Crippen LogP contribution in [0.25, 0.3) is 0 Å². The quantitative estimate of drug-likeness (QED) is 0.806. The SMILES string of the molecule is Cc1cc(C=O)cnc1N1CCCCC1CO. The highest BCUT2D eigenvalue weighted by Crippen LogP contribution is 2.25. The highest BCUT2D eigenvalue weighted by atomic mass is 16.3. The highest BCUT2D eigenvalue weighted by Gasteiger charge is 2.23. The average molecular weight is 234 g/mol. The van der Waals surface area contributed by atoms with Gasteiger partial charge in [0.25, 0.3) is 0 Å². The third-order valence-electron chi connectivity index (χ3n) is 3.32. The van der Waals surface area contributed by atoms with Gasteiger partial charge in [0, 0.05) is 18.3 Å². The smallest absolute Gasteiger partial charge is 0.151 e. The van der Waals surface area contributed by atoms with E-state index in [-0.39, 0.29) is 12.6 Å². The second-order valence-electron chi connectivity index (χ2n) is 4.55. The Morgan fingerprint density at radius 1 is 1.59 bits per heavy atom. The molecule has 1 aliphatic heterocycles. The van der Waals surface area contributed by atoms with Crippen molar-refractivity contribution in [1.82, 2.24) is 4.98 Å². The fraction of sp³-hybridized carbons (Fsp3) is 0.538. The summed E-state index contributed by atoms with van der Waals surface area (Å²) in [7, 11) is 0. The van der Waals surface area contributed by atoms with Gasteiger partial charge in [0.15, 0.2) is 6.29 Å². The lowest BCUT2D eigenvalue weighted by Gasteiger charge is -2.36. The molecule has 1 unspecified atom stereocenters. The number of aryl methyl sites for hydroxylation is 1. The first-order chi connectivity index (χ1) is 8.26. The number of carbonyl (C=O) groups excluding carboxylic acids is 1. The molecule has 1 atom stereocenters. The Morgan fingerprint density at radius 3 is 3.06 bits per heavy atom. The summed E-state index contributed by atoms with van der Waals surface area (Å²) in [6.45, 7) is 3.05. The molecule has 2 rings (SSSR count). The summed E-state index contributed by atoms with van der Waals surface area (Å²) in [5.74, 6) is 0.898. The molecule has 1 aromatic rings. The summed E-state index contributed by atoms with van der Waals surface area (Å²) in [5.41, 5.74) is 1.60. The first-order valence-corrected chi connectivity index (χ1v) is 6.05. The molecular weight excluding hydrogens is 216 g/mol. The lowest BCUT2D eigenvalue weighted by molar-refractivity contribution is 0.112. The Kier molecular flexibility index (Phi) is 3.74. The van der Waals surface area contributed by atoms with Crippen LogP contribution in [-0.4, -0.2) is 35.6 Å². The first kappa shape index (κ1) is 12.0. The van der Waals surface area contributed by atoms with Gasteiger partial charge in [-0.3, -0.25) is 4.79 Å². The molecule has 0 amide bonds. The van der Waals surface area contributed by atoms with E-state index in [0.717, 1.165) is 43.5 Å². The highest BCUT2D eigenvalue weighted by molar-refractivity contribution is 5.75. The van der Waals surface area contributed by atoms with Crippen molar-refractivity contribution in [3.63, 3.8) is 0 Å². The van der Waals surface area contributed by atoms with Gasteiger partial charge in [-0.25, -0.2) is 4.98 Å². The Balaban J connectivity index is 2.28. The number of aliphatic hydroxyl groups is 1. The number of rotatable bonds is 3. The van der Waals surface area contributed by atoms with Crippen LogP contribution < -0.4 is 4.90 Å². The standard InChI is InChI=1S/C13H18N2O2/c1-10-6-11(8-16)7-14-13(10)15-5-3-2-4-12(15)9-17/h6-8,12,17H,2-5,9H2,1H3. The fourth-order valence-corrected chi connectivity index (χ4v) is 2.42. The van der Waals surface area contributed by atoms with E-state index in [1.807, 2.05) is 13.0 Å². The van der Waals surface area contributed by atoms with Gasteiger partial charge in [-0.15, -0.1) is 0 Å². The molecule has 1 fully saturated rings. The van der Waals surface area contributed by atoms with Crippen LogP contribution in [0.4, 0.5) is 5.82 Å². The molecule has 0 aliphatic carbocycles. The third-order valence-corrected chi connectivity index (χ3v) is 3.32. The van der Waals surface area contributed by atoms with Gasteiger partial charge in [0.05, 0.1) is 12.6 Å². The molecular formula is C13H18N2O2. The number of piperidine rings is 1. The van der Waals surface area contributed by atoms with E-state index < -0.39 is 0 Å². The van der Waals surface area contributed by atoms with Gasteiger partial charge < -0.3 is 10.0 Å². The Morgan fingerprint density at radius 2 is 2.41 bits per heavy atom. The van der Waals surface area contributed by atoms with Gasteiger partial charge >= 0.3 is 0 Å². The second kappa shape index (κ2) is 5.27. The van der Waals surface area contributed by atoms with Crippen LogP contribution in [0.5, 0.6) is 0 Å². The number of hydrogen-bond acceptors (Lipinski definition) is 4. The Bertz CT molecular complexity index is 406. The van der Waals surface area contributed by atoms with Crippen LogP contribution in [0.3, 0.4) is 0 Å². The van der Waals surface area contributed by atoms with Crippen molar-refractivity contribution in [2.24, 2.45) is 0 Å². The minimum absolute atomic E-state index is 0.163. The van der Waals surface area contributed by atoms with Crippen LogP contribution in [0, 0.1) is 6.92 Å². The second-order valence-corrected chi connectivity index (χ2v) is 4.55. The van der Waals surface area contributed by atoms with Gasteiger partial charge in [-0.1, -0.05) is 0 Å². The van der Waals surface area contributed by atoms with E-state index in [1.54, 1.807) is 6.20 Å². The van der Waals surface area contributed by atoms with Crippen LogP contribution in [-0.2, 0) is 0 Å². The normalized spacial score (nSPS) is 20.4.